The molecular weight excluding hydrogens is 218 g/mol. The van der Waals surface area contributed by atoms with Crippen molar-refractivity contribution in [2.75, 3.05) is 5.32 Å². The average Bonchev–Trinajstić information content (AvgIpc) is 2.58. The lowest BCUT2D eigenvalue weighted by Gasteiger charge is -2.16. The van der Waals surface area contributed by atoms with Crippen molar-refractivity contribution in [2.24, 2.45) is 0 Å². The fourth-order valence-electron chi connectivity index (χ4n) is 2.16. The van der Waals surface area contributed by atoms with Crippen molar-refractivity contribution in [1.82, 2.24) is 10.2 Å². The first-order chi connectivity index (χ1) is 8.25. The van der Waals surface area contributed by atoms with Crippen LogP contribution >= 0.6 is 0 Å². The van der Waals surface area contributed by atoms with Crippen LogP contribution in [0, 0.1) is 0 Å². The number of hydrogen-bond acceptors (Lipinski definition) is 4. The van der Waals surface area contributed by atoms with Gasteiger partial charge in [-0.25, -0.2) is 4.79 Å². The number of anilines is 1. The zero-order valence-electron chi connectivity index (χ0n) is 9.72. The molecule has 0 aliphatic heterocycles. The molecule has 0 spiro atoms. The van der Waals surface area contributed by atoms with Gasteiger partial charge in [-0.3, -0.25) is 0 Å². The zero-order chi connectivity index (χ0) is 12.1. The van der Waals surface area contributed by atoms with E-state index in [-0.39, 0.29) is 5.69 Å². The monoisotopic (exact) mass is 235 g/mol. The molecule has 1 aromatic heterocycles. The van der Waals surface area contributed by atoms with E-state index in [0.717, 1.165) is 12.8 Å². The summed E-state index contributed by atoms with van der Waals surface area (Å²) in [7, 11) is 0. The Kier molecular flexibility index (Phi) is 3.90. The molecule has 0 radical (unpaired) electrons. The maximum atomic E-state index is 10.6. The van der Waals surface area contributed by atoms with Gasteiger partial charge in [0.05, 0.1) is 0 Å². The minimum atomic E-state index is -1.04. The van der Waals surface area contributed by atoms with Crippen LogP contribution < -0.4 is 5.32 Å². The highest BCUT2D eigenvalue weighted by molar-refractivity contribution is 5.85. The Balaban J connectivity index is 1.95. The quantitative estimate of drug-likeness (QED) is 0.786. The molecule has 2 rings (SSSR count). The summed E-state index contributed by atoms with van der Waals surface area (Å²) in [5, 5.41) is 19.6. The highest BCUT2D eigenvalue weighted by atomic mass is 16.4. The molecule has 0 bridgehead atoms. The summed E-state index contributed by atoms with van der Waals surface area (Å²) in [5.74, 6) is -0.375. The van der Waals surface area contributed by atoms with Gasteiger partial charge in [-0.05, 0) is 25.0 Å². The minimum Gasteiger partial charge on any atom is -0.476 e. The van der Waals surface area contributed by atoms with Crippen molar-refractivity contribution in [3.8, 4) is 0 Å². The van der Waals surface area contributed by atoms with Gasteiger partial charge in [0.2, 0.25) is 0 Å². The lowest BCUT2D eigenvalue weighted by Crippen LogP contribution is -2.19. The number of carboxylic acid groups (broad SMARTS) is 1. The third-order valence-electron chi connectivity index (χ3n) is 3.09. The van der Waals surface area contributed by atoms with Gasteiger partial charge in [-0.1, -0.05) is 25.7 Å². The lowest BCUT2D eigenvalue weighted by molar-refractivity contribution is 0.0689. The van der Waals surface area contributed by atoms with E-state index in [1.165, 1.54) is 31.7 Å². The second kappa shape index (κ2) is 5.61. The van der Waals surface area contributed by atoms with E-state index < -0.39 is 5.97 Å². The van der Waals surface area contributed by atoms with E-state index >= 15 is 0 Å². The first-order valence-electron chi connectivity index (χ1n) is 6.09. The predicted octanol–water partition coefficient (Wildman–Crippen LogP) is 2.31. The summed E-state index contributed by atoms with van der Waals surface area (Å²) in [4.78, 5) is 10.6. The molecule has 2 N–H and O–H groups in total. The number of rotatable bonds is 3. The molecule has 0 saturated heterocycles. The molecule has 5 heteroatoms. The predicted molar refractivity (Wildman–Crippen MR) is 64.1 cm³/mol. The molecule has 0 atom stereocenters. The molecular formula is C12H17N3O2. The number of carboxylic acids is 1. The maximum absolute atomic E-state index is 10.6. The molecule has 0 amide bonds. The van der Waals surface area contributed by atoms with Crippen molar-refractivity contribution < 1.29 is 9.90 Å². The van der Waals surface area contributed by atoms with E-state index in [1.807, 2.05) is 0 Å². The van der Waals surface area contributed by atoms with Crippen LogP contribution in [0.1, 0.15) is 49.0 Å². The Morgan fingerprint density at radius 2 is 1.88 bits per heavy atom. The summed E-state index contributed by atoms with van der Waals surface area (Å²) in [5.41, 5.74) is -0.0172. The van der Waals surface area contributed by atoms with Crippen LogP contribution in [0.4, 0.5) is 5.82 Å². The van der Waals surface area contributed by atoms with Crippen LogP contribution in [-0.2, 0) is 0 Å². The molecule has 0 unspecified atom stereocenters. The third-order valence-corrected chi connectivity index (χ3v) is 3.09. The normalized spacial score (nSPS) is 17.4. The van der Waals surface area contributed by atoms with E-state index in [4.69, 9.17) is 5.11 Å². The summed E-state index contributed by atoms with van der Waals surface area (Å²) < 4.78 is 0. The van der Waals surface area contributed by atoms with Crippen molar-refractivity contribution in [3.63, 3.8) is 0 Å². The largest absolute Gasteiger partial charge is 0.476 e. The zero-order valence-corrected chi connectivity index (χ0v) is 9.72. The van der Waals surface area contributed by atoms with Gasteiger partial charge in [-0.15, -0.1) is 10.2 Å². The van der Waals surface area contributed by atoms with Crippen LogP contribution in [0.2, 0.25) is 0 Å². The summed E-state index contributed by atoms with van der Waals surface area (Å²) >= 11 is 0. The van der Waals surface area contributed by atoms with Crippen molar-refractivity contribution in [2.45, 2.75) is 44.6 Å². The fourth-order valence-corrected chi connectivity index (χ4v) is 2.16. The van der Waals surface area contributed by atoms with Crippen LogP contribution in [0.5, 0.6) is 0 Å². The average molecular weight is 235 g/mol. The first-order valence-corrected chi connectivity index (χ1v) is 6.09. The van der Waals surface area contributed by atoms with Gasteiger partial charge in [0.25, 0.3) is 0 Å². The Labute approximate surface area is 100 Å². The third kappa shape index (κ3) is 3.41. The Hall–Kier alpha value is -1.65. The number of hydrogen-bond donors (Lipinski definition) is 2. The number of aromatic carboxylic acids is 1. The molecule has 5 nitrogen and oxygen atoms in total. The number of nitrogens with zero attached hydrogens (tertiary/aromatic N) is 2. The van der Waals surface area contributed by atoms with Crippen molar-refractivity contribution >= 4 is 11.8 Å². The topological polar surface area (TPSA) is 75.1 Å². The molecule has 17 heavy (non-hydrogen) atoms. The van der Waals surface area contributed by atoms with E-state index in [0.29, 0.717) is 11.9 Å². The van der Waals surface area contributed by atoms with E-state index in [2.05, 4.69) is 15.5 Å². The summed E-state index contributed by atoms with van der Waals surface area (Å²) in [6.45, 7) is 0. The Morgan fingerprint density at radius 1 is 1.18 bits per heavy atom. The number of aromatic nitrogens is 2. The van der Waals surface area contributed by atoms with E-state index in [9.17, 15) is 4.79 Å². The lowest BCUT2D eigenvalue weighted by atomic mass is 10.1. The van der Waals surface area contributed by atoms with Gasteiger partial charge in [0, 0.05) is 6.04 Å². The smallest absolute Gasteiger partial charge is 0.356 e. The van der Waals surface area contributed by atoms with Gasteiger partial charge in [-0.2, -0.15) is 0 Å². The van der Waals surface area contributed by atoms with Crippen LogP contribution in [0.3, 0.4) is 0 Å². The van der Waals surface area contributed by atoms with Crippen LogP contribution in [0.15, 0.2) is 12.1 Å². The van der Waals surface area contributed by atoms with Crippen LogP contribution in [-0.4, -0.2) is 27.3 Å². The van der Waals surface area contributed by atoms with Gasteiger partial charge >= 0.3 is 5.97 Å². The molecule has 1 heterocycles. The second-order valence-corrected chi connectivity index (χ2v) is 4.44. The Morgan fingerprint density at radius 3 is 2.41 bits per heavy atom. The molecule has 0 aromatic carbocycles. The van der Waals surface area contributed by atoms with Gasteiger partial charge in [0.15, 0.2) is 5.69 Å². The standard InChI is InChI=1S/C12H17N3O2/c16-12(17)10-7-8-11(15-14-10)13-9-5-3-1-2-4-6-9/h7-9H,1-6H2,(H,13,15)(H,16,17). The van der Waals surface area contributed by atoms with Crippen molar-refractivity contribution in [3.05, 3.63) is 17.8 Å². The molecule has 1 aliphatic rings. The maximum Gasteiger partial charge on any atom is 0.356 e. The van der Waals surface area contributed by atoms with E-state index in [1.54, 1.807) is 6.07 Å². The summed E-state index contributed by atoms with van der Waals surface area (Å²) in [6, 6.07) is 3.61. The van der Waals surface area contributed by atoms with Gasteiger partial charge in [0.1, 0.15) is 5.82 Å². The molecule has 1 aromatic rings. The van der Waals surface area contributed by atoms with Crippen molar-refractivity contribution in [1.29, 1.82) is 0 Å². The minimum absolute atomic E-state index is 0.0172. The molecule has 92 valence electrons. The van der Waals surface area contributed by atoms with Gasteiger partial charge < -0.3 is 10.4 Å². The number of nitrogens with one attached hydrogen (secondary N) is 1. The second-order valence-electron chi connectivity index (χ2n) is 4.44. The highest BCUT2D eigenvalue weighted by Crippen LogP contribution is 2.20. The number of carbonyl (C=O) groups is 1. The van der Waals surface area contributed by atoms with Crippen LogP contribution in [0.25, 0.3) is 0 Å². The fraction of sp³-hybridized carbons (Fsp3) is 0.583. The first kappa shape index (κ1) is 11.8. The Bertz CT molecular complexity index is 370. The molecule has 1 aliphatic carbocycles. The summed E-state index contributed by atoms with van der Waals surface area (Å²) in [6.07, 6.45) is 7.42. The highest BCUT2D eigenvalue weighted by Gasteiger charge is 2.13. The SMILES string of the molecule is O=C(O)c1ccc(NC2CCCCCC2)nn1. The molecule has 1 fully saturated rings. The molecule has 1 saturated carbocycles.